The van der Waals surface area contributed by atoms with E-state index in [2.05, 4.69) is 5.32 Å². The normalized spacial score (nSPS) is 13.6. The lowest BCUT2D eigenvalue weighted by molar-refractivity contribution is -0.131. The van der Waals surface area contributed by atoms with Gasteiger partial charge in [0.1, 0.15) is 0 Å². The molecule has 1 saturated heterocycles. The van der Waals surface area contributed by atoms with Gasteiger partial charge in [-0.3, -0.25) is 9.59 Å². The van der Waals surface area contributed by atoms with Gasteiger partial charge in [-0.1, -0.05) is 42.5 Å². The minimum atomic E-state index is -0.275. The monoisotopic (exact) mass is 422 g/mol. The van der Waals surface area contributed by atoms with Crippen molar-refractivity contribution in [3.05, 3.63) is 60.2 Å². The van der Waals surface area contributed by atoms with Crippen LogP contribution >= 0.6 is 0 Å². The molecule has 0 saturated carbocycles. The molecule has 164 valence electrons. The molecule has 7 heteroatoms. The molecule has 0 atom stereocenters. The zero-order valence-electron chi connectivity index (χ0n) is 18.2. The van der Waals surface area contributed by atoms with Crippen LogP contribution in [0.25, 0.3) is 11.1 Å². The lowest BCUT2D eigenvalue weighted by Gasteiger charge is -2.37. The van der Waals surface area contributed by atoms with E-state index >= 15 is 0 Å². The molecule has 0 aliphatic carbocycles. The molecule has 4 amide bonds. The maximum absolute atomic E-state index is 12.5. The van der Waals surface area contributed by atoms with Crippen LogP contribution in [0.3, 0.4) is 0 Å². The van der Waals surface area contributed by atoms with Crippen molar-refractivity contribution in [1.29, 1.82) is 0 Å². The van der Waals surface area contributed by atoms with Gasteiger partial charge in [0.25, 0.3) is 5.91 Å². The summed E-state index contributed by atoms with van der Waals surface area (Å²) in [7, 11) is 0. The summed E-state index contributed by atoms with van der Waals surface area (Å²) < 4.78 is 0. The van der Waals surface area contributed by atoms with E-state index < -0.39 is 0 Å². The highest BCUT2D eigenvalue weighted by molar-refractivity contribution is 5.96. The van der Waals surface area contributed by atoms with E-state index in [0.29, 0.717) is 44.8 Å². The van der Waals surface area contributed by atoms with Crippen LogP contribution in [-0.4, -0.2) is 78.4 Å². The molecule has 31 heavy (non-hydrogen) atoms. The fourth-order valence-corrected chi connectivity index (χ4v) is 3.66. The number of nitrogens with zero attached hydrogens (tertiary/aromatic N) is 3. The van der Waals surface area contributed by atoms with Gasteiger partial charge in [-0.2, -0.15) is 0 Å². The van der Waals surface area contributed by atoms with Gasteiger partial charge in [0.2, 0.25) is 5.91 Å². The molecule has 0 spiro atoms. The van der Waals surface area contributed by atoms with E-state index in [4.69, 9.17) is 0 Å². The number of hydrogen-bond acceptors (Lipinski definition) is 3. The predicted molar refractivity (Wildman–Crippen MR) is 121 cm³/mol. The van der Waals surface area contributed by atoms with Crippen LogP contribution in [0.1, 0.15) is 24.2 Å². The summed E-state index contributed by atoms with van der Waals surface area (Å²) in [5.41, 5.74) is 2.63. The molecule has 1 heterocycles. The lowest BCUT2D eigenvalue weighted by Crippen LogP contribution is -2.55. The van der Waals surface area contributed by atoms with E-state index in [-0.39, 0.29) is 24.4 Å². The van der Waals surface area contributed by atoms with Crippen LogP contribution in [0.15, 0.2) is 54.6 Å². The highest BCUT2D eigenvalue weighted by Gasteiger charge is 2.26. The van der Waals surface area contributed by atoms with Crippen molar-refractivity contribution >= 4 is 17.8 Å². The van der Waals surface area contributed by atoms with Gasteiger partial charge >= 0.3 is 6.03 Å². The van der Waals surface area contributed by atoms with E-state index in [1.165, 1.54) is 0 Å². The summed E-state index contributed by atoms with van der Waals surface area (Å²) >= 11 is 0. The Morgan fingerprint density at radius 2 is 1.35 bits per heavy atom. The Kier molecular flexibility index (Phi) is 7.65. The standard InChI is InChI=1S/C24H30N4O3/c1-3-26(4-2)24(31)28-16-14-27(15-17-28)22(29)18-25-23(30)21-12-10-20(11-13-21)19-8-6-5-7-9-19/h5-13H,3-4,14-18H2,1-2H3,(H,25,30). The molecular formula is C24H30N4O3. The first-order chi connectivity index (χ1) is 15.0. The van der Waals surface area contributed by atoms with Crippen LogP contribution in [0.2, 0.25) is 0 Å². The molecule has 0 bridgehead atoms. The minimum absolute atomic E-state index is 0.0179. The first-order valence-corrected chi connectivity index (χ1v) is 10.8. The highest BCUT2D eigenvalue weighted by Crippen LogP contribution is 2.19. The zero-order valence-corrected chi connectivity index (χ0v) is 18.2. The van der Waals surface area contributed by atoms with Crippen LogP contribution in [-0.2, 0) is 4.79 Å². The van der Waals surface area contributed by atoms with Crippen molar-refractivity contribution in [3.63, 3.8) is 0 Å². The highest BCUT2D eigenvalue weighted by atomic mass is 16.2. The average molecular weight is 423 g/mol. The summed E-state index contributed by atoms with van der Waals surface area (Å²) in [4.78, 5) is 42.6. The van der Waals surface area contributed by atoms with Crippen molar-refractivity contribution < 1.29 is 14.4 Å². The second-order valence-corrected chi connectivity index (χ2v) is 7.45. The molecule has 3 rings (SSSR count). The zero-order chi connectivity index (χ0) is 22.2. The van der Waals surface area contributed by atoms with Gasteiger partial charge in [-0.25, -0.2) is 4.79 Å². The van der Waals surface area contributed by atoms with Gasteiger partial charge < -0.3 is 20.0 Å². The van der Waals surface area contributed by atoms with Crippen LogP contribution in [0, 0.1) is 0 Å². The summed E-state index contributed by atoms with van der Waals surface area (Å²) in [6.07, 6.45) is 0. The second-order valence-electron chi connectivity index (χ2n) is 7.45. The van der Waals surface area contributed by atoms with Gasteiger partial charge in [0.15, 0.2) is 0 Å². The van der Waals surface area contributed by atoms with Crippen molar-refractivity contribution in [2.75, 3.05) is 45.8 Å². The number of urea groups is 1. The molecule has 0 aromatic heterocycles. The summed E-state index contributed by atoms with van der Waals surface area (Å²) in [5.74, 6) is -0.410. The minimum Gasteiger partial charge on any atom is -0.343 e. The third-order valence-corrected chi connectivity index (χ3v) is 5.59. The predicted octanol–water partition coefficient (Wildman–Crippen LogP) is 2.69. The Labute approximate surface area is 183 Å². The fraction of sp³-hybridized carbons (Fsp3) is 0.375. The maximum atomic E-state index is 12.5. The van der Waals surface area contributed by atoms with Gasteiger partial charge in [0.05, 0.1) is 6.54 Å². The summed E-state index contributed by atoms with van der Waals surface area (Å²) in [5, 5.41) is 2.71. The van der Waals surface area contributed by atoms with E-state index in [1.54, 1.807) is 26.8 Å². The average Bonchev–Trinajstić information content (AvgIpc) is 2.83. The third-order valence-electron chi connectivity index (χ3n) is 5.59. The van der Waals surface area contributed by atoms with Gasteiger partial charge in [-0.15, -0.1) is 0 Å². The van der Waals surface area contributed by atoms with Crippen molar-refractivity contribution in [3.8, 4) is 11.1 Å². The second kappa shape index (κ2) is 10.6. The Bertz CT molecular complexity index is 887. The maximum Gasteiger partial charge on any atom is 0.320 e. The Morgan fingerprint density at radius 3 is 1.94 bits per heavy atom. The van der Waals surface area contributed by atoms with E-state index in [9.17, 15) is 14.4 Å². The number of hydrogen-bond donors (Lipinski definition) is 1. The van der Waals surface area contributed by atoms with Crippen LogP contribution < -0.4 is 5.32 Å². The first kappa shape index (κ1) is 22.3. The molecule has 2 aromatic rings. The molecule has 0 radical (unpaired) electrons. The van der Waals surface area contributed by atoms with Gasteiger partial charge in [0, 0.05) is 44.8 Å². The lowest BCUT2D eigenvalue weighted by atomic mass is 10.0. The molecule has 1 aliphatic rings. The number of rotatable bonds is 6. The molecule has 0 unspecified atom stereocenters. The quantitative estimate of drug-likeness (QED) is 0.778. The number of carbonyl (C=O) groups excluding carboxylic acids is 3. The SMILES string of the molecule is CCN(CC)C(=O)N1CCN(C(=O)CNC(=O)c2ccc(-c3ccccc3)cc2)CC1. The first-order valence-electron chi connectivity index (χ1n) is 10.8. The summed E-state index contributed by atoms with van der Waals surface area (Å²) in [6.45, 7) is 7.19. The third kappa shape index (κ3) is 5.63. The number of benzene rings is 2. The number of piperazine rings is 1. The van der Waals surface area contributed by atoms with Gasteiger partial charge in [-0.05, 0) is 37.1 Å². The van der Waals surface area contributed by atoms with Crippen molar-refractivity contribution in [2.24, 2.45) is 0 Å². The molecule has 2 aromatic carbocycles. The van der Waals surface area contributed by atoms with Crippen LogP contribution in [0.4, 0.5) is 4.79 Å². The number of nitrogens with one attached hydrogen (secondary N) is 1. The topological polar surface area (TPSA) is 73.0 Å². The largest absolute Gasteiger partial charge is 0.343 e. The molecular weight excluding hydrogens is 392 g/mol. The molecule has 1 N–H and O–H groups in total. The number of carbonyl (C=O) groups is 3. The van der Waals surface area contributed by atoms with Crippen molar-refractivity contribution in [2.45, 2.75) is 13.8 Å². The summed E-state index contributed by atoms with van der Waals surface area (Å²) in [6, 6.07) is 17.3. The Hall–Kier alpha value is -3.35. The molecule has 7 nitrogen and oxygen atoms in total. The van der Waals surface area contributed by atoms with E-state index in [0.717, 1.165) is 11.1 Å². The smallest absolute Gasteiger partial charge is 0.320 e. The van der Waals surface area contributed by atoms with Crippen LogP contribution in [0.5, 0.6) is 0 Å². The molecule has 1 aliphatic heterocycles. The van der Waals surface area contributed by atoms with E-state index in [1.807, 2.05) is 56.3 Å². The fourth-order valence-electron chi connectivity index (χ4n) is 3.66. The number of amides is 4. The Morgan fingerprint density at radius 1 is 0.806 bits per heavy atom. The molecule has 1 fully saturated rings. The Balaban J connectivity index is 1.46. The van der Waals surface area contributed by atoms with Crippen molar-refractivity contribution in [1.82, 2.24) is 20.0 Å².